The number of halogens is 2. The molecule has 0 fully saturated rings. The van der Waals surface area contributed by atoms with E-state index in [4.69, 9.17) is 23.2 Å². The van der Waals surface area contributed by atoms with Crippen LogP contribution in [0.25, 0.3) is 0 Å². The second-order valence-corrected chi connectivity index (χ2v) is 2.08. The Bertz CT molecular complexity index is 88.7. The minimum atomic E-state index is -0.721. The Morgan fingerprint density at radius 3 is 1.67 bits per heavy atom. The summed E-state index contributed by atoms with van der Waals surface area (Å²) in [6.45, 7) is 4.34. The van der Waals surface area contributed by atoms with Crippen LogP contribution in [0.1, 0.15) is 13.8 Å². The van der Waals surface area contributed by atoms with Crippen LogP contribution in [-0.2, 0) is 9.47 Å². The molecule has 0 aromatic carbocycles. The molecule has 0 heterocycles. The van der Waals surface area contributed by atoms with Gasteiger partial charge in [-0.05, 0) is 0 Å². The summed E-state index contributed by atoms with van der Waals surface area (Å²) in [5.74, 6) is 0.548. The van der Waals surface area contributed by atoms with Crippen molar-refractivity contribution in [3.63, 3.8) is 0 Å². The van der Waals surface area contributed by atoms with Crippen LogP contribution >= 0.6 is 23.2 Å². The third-order valence-electron chi connectivity index (χ3n) is 0.594. The first-order valence-corrected chi connectivity index (χ1v) is 4.79. The van der Waals surface area contributed by atoms with E-state index in [1.807, 2.05) is 13.8 Å². The van der Waals surface area contributed by atoms with Gasteiger partial charge in [-0.15, -0.1) is 23.2 Å². The largest absolute Gasteiger partial charge is 0.508 e. The molecule has 0 amide bonds. The van der Waals surface area contributed by atoms with Crippen LogP contribution in [0.2, 0.25) is 0 Å². The fourth-order valence-electron chi connectivity index (χ4n) is 0.285. The van der Waals surface area contributed by atoms with E-state index in [2.05, 4.69) is 9.47 Å². The Morgan fingerprint density at radius 1 is 1.08 bits per heavy atom. The molecule has 0 saturated heterocycles. The average molecular weight is 217 g/mol. The van der Waals surface area contributed by atoms with Crippen LogP contribution in [0.5, 0.6) is 0 Å². The zero-order valence-corrected chi connectivity index (χ0v) is 8.82. The maximum atomic E-state index is 10.4. The lowest BCUT2D eigenvalue weighted by atomic mass is 10.8. The second kappa shape index (κ2) is 13.4. The van der Waals surface area contributed by atoms with Gasteiger partial charge in [0.2, 0.25) is 0 Å². The second-order valence-electron chi connectivity index (χ2n) is 1.32. The zero-order chi connectivity index (χ0) is 9.82. The van der Waals surface area contributed by atoms with Gasteiger partial charge in [0.25, 0.3) is 0 Å². The molecule has 0 aliphatic carbocycles. The molecule has 3 nitrogen and oxygen atoms in total. The topological polar surface area (TPSA) is 35.5 Å². The van der Waals surface area contributed by atoms with Gasteiger partial charge in [0.1, 0.15) is 13.2 Å². The van der Waals surface area contributed by atoms with Crippen molar-refractivity contribution in [1.82, 2.24) is 0 Å². The molecule has 0 radical (unpaired) electrons. The van der Waals surface area contributed by atoms with Gasteiger partial charge in [-0.25, -0.2) is 4.79 Å². The van der Waals surface area contributed by atoms with E-state index < -0.39 is 6.16 Å². The molecule has 0 atom stereocenters. The molecule has 0 rings (SSSR count). The van der Waals surface area contributed by atoms with E-state index in [0.717, 1.165) is 0 Å². The van der Waals surface area contributed by atoms with Crippen LogP contribution in [0.15, 0.2) is 0 Å². The molecule has 0 aromatic heterocycles. The minimum absolute atomic E-state index is 0.169. The summed E-state index contributed by atoms with van der Waals surface area (Å²) >= 11 is 10.4. The highest BCUT2D eigenvalue weighted by Crippen LogP contribution is 1.87. The Hall–Kier alpha value is -0.150. The number of alkyl halides is 2. The molecule has 0 aromatic rings. The Kier molecular flexibility index (Phi) is 16.1. The van der Waals surface area contributed by atoms with Gasteiger partial charge < -0.3 is 9.47 Å². The lowest BCUT2D eigenvalue weighted by Gasteiger charge is -2.01. The maximum Gasteiger partial charge on any atom is 0.508 e. The van der Waals surface area contributed by atoms with E-state index in [9.17, 15) is 4.79 Å². The van der Waals surface area contributed by atoms with E-state index >= 15 is 0 Å². The smallest absolute Gasteiger partial charge is 0.433 e. The summed E-state index contributed by atoms with van der Waals surface area (Å²) in [5.41, 5.74) is 0. The van der Waals surface area contributed by atoms with E-state index in [1.54, 1.807) is 0 Å². The van der Waals surface area contributed by atoms with Crippen LogP contribution in [0.3, 0.4) is 0 Å². The Labute approximate surface area is 82.9 Å². The summed E-state index contributed by atoms with van der Waals surface area (Å²) in [6.07, 6.45) is -0.721. The highest BCUT2D eigenvalue weighted by molar-refractivity contribution is 6.18. The highest BCUT2D eigenvalue weighted by atomic mass is 35.5. The summed E-state index contributed by atoms with van der Waals surface area (Å²) < 4.78 is 8.88. The van der Waals surface area contributed by atoms with Crippen LogP contribution in [0.4, 0.5) is 4.79 Å². The number of carbonyl (C=O) groups is 1. The Balaban J connectivity index is 0. The Morgan fingerprint density at radius 2 is 1.42 bits per heavy atom. The standard InChI is InChI=1S/C5H8Cl2O3.C2H6/c6-1-3-9-5(8)10-4-2-7;1-2/h1-4H2;1-2H3. The highest BCUT2D eigenvalue weighted by Gasteiger charge is 2.00. The van der Waals surface area contributed by atoms with Crippen molar-refractivity contribution in [2.24, 2.45) is 0 Å². The first-order chi connectivity index (χ1) is 5.81. The van der Waals surface area contributed by atoms with Gasteiger partial charge in [-0.2, -0.15) is 0 Å². The van der Waals surface area contributed by atoms with Crippen molar-refractivity contribution in [2.75, 3.05) is 25.0 Å². The molecule has 5 heteroatoms. The van der Waals surface area contributed by atoms with E-state index in [0.29, 0.717) is 0 Å². The maximum absolute atomic E-state index is 10.4. The quantitative estimate of drug-likeness (QED) is 0.536. The fourth-order valence-corrected chi connectivity index (χ4v) is 0.440. The lowest BCUT2D eigenvalue weighted by molar-refractivity contribution is 0.0641. The van der Waals surface area contributed by atoms with Gasteiger partial charge in [-0.1, -0.05) is 13.8 Å². The third kappa shape index (κ3) is 12.5. The minimum Gasteiger partial charge on any atom is -0.433 e. The van der Waals surface area contributed by atoms with Gasteiger partial charge in [0, 0.05) is 0 Å². The van der Waals surface area contributed by atoms with Gasteiger partial charge in [0.05, 0.1) is 11.8 Å². The van der Waals surface area contributed by atoms with Crippen molar-refractivity contribution in [3.8, 4) is 0 Å². The molecule has 0 saturated carbocycles. The summed E-state index contributed by atoms with van der Waals surface area (Å²) in [7, 11) is 0. The van der Waals surface area contributed by atoms with Gasteiger partial charge in [-0.3, -0.25) is 0 Å². The first-order valence-electron chi connectivity index (χ1n) is 3.72. The zero-order valence-electron chi connectivity index (χ0n) is 7.31. The van der Waals surface area contributed by atoms with E-state index in [-0.39, 0.29) is 25.0 Å². The predicted molar refractivity (Wildman–Crippen MR) is 50.1 cm³/mol. The van der Waals surface area contributed by atoms with Crippen LogP contribution < -0.4 is 0 Å². The number of ether oxygens (including phenoxy) is 2. The van der Waals surface area contributed by atoms with Crippen molar-refractivity contribution < 1.29 is 14.3 Å². The van der Waals surface area contributed by atoms with Crippen molar-refractivity contribution >= 4 is 29.4 Å². The summed E-state index contributed by atoms with van der Waals surface area (Å²) in [5, 5.41) is 0. The monoisotopic (exact) mass is 216 g/mol. The summed E-state index contributed by atoms with van der Waals surface area (Å²) in [6, 6.07) is 0. The molecular weight excluding hydrogens is 203 g/mol. The van der Waals surface area contributed by atoms with Gasteiger partial charge >= 0.3 is 6.16 Å². The third-order valence-corrected chi connectivity index (χ3v) is 0.903. The van der Waals surface area contributed by atoms with Crippen molar-refractivity contribution in [3.05, 3.63) is 0 Å². The SMILES string of the molecule is CC.O=C(OCCCl)OCCCl. The molecule has 0 aliphatic heterocycles. The molecule has 0 N–H and O–H groups in total. The number of hydrogen-bond acceptors (Lipinski definition) is 3. The van der Waals surface area contributed by atoms with Crippen LogP contribution in [0, 0.1) is 0 Å². The molecule has 0 spiro atoms. The molecule has 0 bridgehead atoms. The summed E-state index contributed by atoms with van der Waals surface area (Å²) in [4.78, 5) is 10.4. The molecule has 0 aliphatic rings. The average Bonchev–Trinajstić information content (AvgIpc) is 2.14. The molecular formula is C7H14Cl2O3. The molecule has 12 heavy (non-hydrogen) atoms. The number of rotatable bonds is 4. The molecule has 74 valence electrons. The number of hydrogen-bond donors (Lipinski definition) is 0. The van der Waals surface area contributed by atoms with Crippen LogP contribution in [-0.4, -0.2) is 31.1 Å². The van der Waals surface area contributed by atoms with E-state index in [1.165, 1.54) is 0 Å². The molecule has 0 unspecified atom stereocenters. The van der Waals surface area contributed by atoms with Gasteiger partial charge in [0.15, 0.2) is 0 Å². The normalized spacial score (nSPS) is 8.00. The first kappa shape index (κ1) is 14.4. The number of carbonyl (C=O) groups excluding carboxylic acids is 1. The van der Waals surface area contributed by atoms with Crippen molar-refractivity contribution in [1.29, 1.82) is 0 Å². The predicted octanol–water partition coefficient (Wildman–Crippen LogP) is 2.64. The van der Waals surface area contributed by atoms with Crippen molar-refractivity contribution in [2.45, 2.75) is 13.8 Å². The lowest BCUT2D eigenvalue weighted by Crippen LogP contribution is -2.10. The fraction of sp³-hybridized carbons (Fsp3) is 0.857.